The van der Waals surface area contributed by atoms with E-state index in [-0.39, 0.29) is 10.9 Å². The lowest BCUT2D eigenvalue weighted by molar-refractivity contribution is -0.111. The van der Waals surface area contributed by atoms with Crippen molar-refractivity contribution in [1.82, 2.24) is 14.9 Å². The number of amides is 1. The molecule has 1 aliphatic heterocycles. The monoisotopic (exact) mass is 497 g/mol. The van der Waals surface area contributed by atoms with Crippen molar-refractivity contribution in [2.75, 3.05) is 43.5 Å². The van der Waals surface area contributed by atoms with Crippen LogP contribution in [0.1, 0.15) is 25.3 Å². The van der Waals surface area contributed by atoms with Crippen LogP contribution in [-0.2, 0) is 16.0 Å². The molecule has 0 aliphatic carbocycles. The van der Waals surface area contributed by atoms with E-state index >= 15 is 0 Å². The Hall–Kier alpha value is -3.07. The van der Waals surface area contributed by atoms with Crippen LogP contribution in [0.4, 0.5) is 21.6 Å². The Labute approximate surface area is 209 Å². The minimum atomic E-state index is -0.490. The predicted molar refractivity (Wildman–Crippen MR) is 138 cm³/mol. The molecule has 2 N–H and O–H groups in total. The van der Waals surface area contributed by atoms with Crippen molar-refractivity contribution in [2.24, 2.45) is 0 Å². The summed E-state index contributed by atoms with van der Waals surface area (Å²) in [6.45, 7) is 6.14. The molecule has 1 aliphatic rings. The number of nitrogens with zero attached hydrogens (tertiary/aromatic N) is 3. The highest BCUT2D eigenvalue weighted by molar-refractivity contribution is 6.31. The van der Waals surface area contributed by atoms with E-state index in [0.29, 0.717) is 23.7 Å². The number of hydrogen-bond acceptors (Lipinski definition) is 6. The average Bonchev–Trinajstić information content (AvgIpc) is 3.11. The number of anilines is 3. The van der Waals surface area contributed by atoms with Gasteiger partial charge in [-0.25, -0.2) is 14.4 Å². The zero-order chi connectivity index (χ0) is 24.6. The van der Waals surface area contributed by atoms with Gasteiger partial charge in [-0.1, -0.05) is 31.0 Å². The molecule has 3 aromatic rings. The van der Waals surface area contributed by atoms with Gasteiger partial charge in [0.2, 0.25) is 5.91 Å². The number of aryl methyl sites for hydroxylation is 1. The number of hydrogen-bond donors (Lipinski definition) is 2. The first-order valence-corrected chi connectivity index (χ1v) is 12.2. The Morgan fingerprint density at radius 2 is 2.11 bits per heavy atom. The number of aromatic nitrogens is 2. The molecule has 2 heterocycles. The van der Waals surface area contributed by atoms with Crippen molar-refractivity contribution < 1.29 is 13.9 Å². The summed E-state index contributed by atoms with van der Waals surface area (Å²) in [5, 5.41) is 6.95. The molecule has 2 aromatic carbocycles. The van der Waals surface area contributed by atoms with Crippen LogP contribution in [0.3, 0.4) is 0 Å². The van der Waals surface area contributed by atoms with Gasteiger partial charge in [0.1, 0.15) is 18.0 Å². The number of carbonyl (C=O) groups is 1. The highest BCUT2D eigenvalue weighted by Gasteiger charge is 2.13. The van der Waals surface area contributed by atoms with E-state index in [4.69, 9.17) is 16.3 Å². The van der Waals surface area contributed by atoms with Gasteiger partial charge in [0.15, 0.2) is 0 Å². The first kappa shape index (κ1) is 25.0. The third-order valence-electron chi connectivity index (χ3n) is 5.77. The maximum atomic E-state index is 13.6. The first-order valence-electron chi connectivity index (χ1n) is 11.8. The molecule has 4 rings (SSSR count). The van der Waals surface area contributed by atoms with E-state index in [0.717, 1.165) is 62.0 Å². The second-order valence-electron chi connectivity index (χ2n) is 8.41. The quantitative estimate of drug-likeness (QED) is 0.409. The summed E-state index contributed by atoms with van der Waals surface area (Å²) in [6, 6.07) is 8.24. The predicted octanol–water partition coefficient (Wildman–Crippen LogP) is 5.34. The summed E-state index contributed by atoms with van der Waals surface area (Å²) < 4.78 is 19.0. The van der Waals surface area contributed by atoms with Gasteiger partial charge in [0.05, 0.1) is 17.1 Å². The molecular formula is C26H29ClFN5O2. The molecule has 184 valence electrons. The second-order valence-corrected chi connectivity index (χ2v) is 8.82. The fraction of sp³-hybridized carbons (Fsp3) is 0.346. The molecule has 35 heavy (non-hydrogen) atoms. The Morgan fingerprint density at radius 3 is 2.94 bits per heavy atom. The van der Waals surface area contributed by atoms with Gasteiger partial charge < -0.3 is 15.4 Å². The Bertz CT molecular complexity index is 1210. The Balaban J connectivity index is 1.55. The summed E-state index contributed by atoms with van der Waals surface area (Å²) in [4.78, 5) is 23.8. The van der Waals surface area contributed by atoms with Crippen LogP contribution in [0.2, 0.25) is 5.02 Å². The molecule has 1 amide bonds. The normalized spacial score (nSPS) is 14.8. The van der Waals surface area contributed by atoms with E-state index in [1.54, 1.807) is 12.1 Å². The summed E-state index contributed by atoms with van der Waals surface area (Å²) in [5.74, 6) is -0.143. The number of nitrogens with one attached hydrogen (secondary N) is 2. The molecule has 1 saturated heterocycles. The van der Waals surface area contributed by atoms with Crippen LogP contribution in [-0.4, -0.2) is 53.6 Å². The van der Waals surface area contributed by atoms with Crippen molar-refractivity contribution in [3.05, 3.63) is 65.2 Å². The van der Waals surface area contributed by atoms with Crippen LogP contribution >= 0.6 is 11.6 Å². The molecule has 1 fully saturated rings. The lowest BCUT2D eigenvalue weighted by Gasteiger charge is -2.16. The van der Waals surface area contributed by atoms with E-state index < -0.39 is 5.82 Å². The lowest BCUT2D eigenvalue weighted by atomic mass is 10.0. The van der Waals surface area contributed by atoms with Crippen molar-refractivity contribution in [2.45, 2.75) is 26.2 Å². The summed E-state index contributed by atoms with van der Waals surface area (Å²) >= 11 is 5.92. The molecule has 0 saturated carbocycles. The van der Waals surface area contributed by atoms with Crippen molar-refractivity contribution >= 4 is 45.6 Å². The standard InChI is InChI=1S/C26H29ClFN5O2/c1-2-5-18-14-24-20(26(30-17-29-24)31-19-7-8-22(28)21(27)15-19)16-23(18)32-25(34)6-3-9-33-10-4-12-35-13-11-33/h3,6-8,14-17H,2,4-5,9-13H2,1H3,(H,32,34)(H,29,30,31)/b6-3+. The molecule has 9 heteroatoms. The van der Waals surface area contributed by atoms with Crippen molar-refractivity contribution in [3.8, 4) is 0 Å². The van der Waals surface area contributed by atoms with E-state index in [1.807, 2.05) is 18.2 Å². The van der Waals surface area contributed by atoms with Gasteiger partial charge in [-0.15, -0.1) is 0 Å². The first-order chi connectivity index (χ1) is 17.0. The van der Waals surface area contributed by atoms with E-state index in [9.17, 15) is 9.18 Å². The smallest absolute Gasteiger partial charge is 0.248 e. The number of carbonyl (C=O) groups excluding carboxylic acids is 1. The van der Waals surface area contributed by atoms with Gasteiger partial charge >= 0.3 is 0 Å². The number of fused-ring (bicyclic) bond motifs is 1. The summed E-state index contributed by atoms with van der Waals surface area (Å²) in [7, 11) is 0. The summed E-state index contributed by atoms with van der Waals surface area (Å²) in [6.07, 6.45) is 7.65. The maximum Gasteiger partial charge on any atom is 0.248 e. The highest BCUT2D eigenvalue weighted by atomic mass is 35.5. The van der Waals surface area contributed by atoms with Crippen molar-refractivity contribution in [1.29, 1.82) is 0 Å². The minimum absolute atomic E-state index is 0.0195. The molecule has 0 radical (unpaired) electrons. The van der Waals surface area contributed by atoms with Crippen LogP contribution in [0.5, 0.6) is 0 Å². The minimum Gasteiger partial charge on any atom is -0.380 e. The highest BCUT2D eigenvalue weighted by Crippen LogP contribution is 2.30. The largest absolute Gasteiger partial charge is 0.380 e. The van der Waals surface area contributed by atoms with E-state index in [2.05, 4.69) is 32.4 Å². The second kappa shape index (κ2) is 12.1. The number of benzene rings is 2. The van der Waals surface area contributed by atoms with Crippen LogP contribution in [0.15, 0.2) is 48.8 Å². The average molecular weight is 498 g/mol. The Kier molecular flexibility index (Phi) is 8.63. The molecule has 1 aromatic heterocycles. The number of halogens is 2. The van der Waals surface area contributed by atoms with Gasteiger partial charge in [0, 0.05) is 49.1 Å². The van der Waals surface area contributed by atoms with Crippen LogP contribution in [0.25, 0.3) is 10.9 Å². The molecule has 0 unspecified atom stereocenters. The fourth-order valence-electron chi connectivity index (χ4n) is 4.01. The Morgan fingerprint density at radius 1 is 1.23 bits per heavy atom. The molecular weight excluding hydrogens is 469 g/mol. The zero-order valence-corrected chi connectivity index (χ0v) is 20.4. The SMILES string of the molecule is CCCc1cc2ncnc(Nc3ccc(F)c(Cl)c3)c2cc1NC(=O)/C=C/CN1CCCOCC1. The molecule has 0 atom stereocenters. The van der Waals surface area contributed by atoms with Gasteiger partial charge in [0.25, 0.3) is 0 Å². The van der Waals surface area contributed by atoms with Crippen LogP contribution < -0.4 is 10.6 Å². The van der Waals surface area contributed by atoms with Gasteiger partial charge in [-0.05, 0) is 48.7 Å². The topological polar surface area (TPSA) is 79.4 Å². The van der Waals surface area contributed by atoms with Crippen molar-refractivity contribution in [3.63, 3.8) is 0 Å². The van der Waals surface area contributed by atoms with Gasteiger partial charge in [-0.2, -0.15) is 0 Å². The molecule has 0 spiro atoms. The third kappa shape index (κ3) is 6.75. The third-order valence-corrected chi connectivity index (χ3v) is 6.06. The van der Waals surface area contributed by atoms with E-state index in [1.165, 1.54) is 18.5 Å². The van der Waals surface area contributed by atoms with Crippen LogP contribution in [0, 0.1) is 5.82 Å². The molecule has 7 nitrogen and oxygen atoms in total. The fourth-order valence-corrected chi connectivity index (χ4v) is 4.19. The summed E-state index contributed by atoms with van der Waals surface area (Å²) in [5.41, 5.74) is 3.06. The molecule has 0 bridgehead atoms. The zero-order valence-electron chi connectivity index (χ0n) is 19.7. The number of ether oxygens (including phenoxy) is 1. The maximum absolute atomic E-state index is 13.6. The number of rotatable bonds is 8. The lowest BCUT2D eigenvalue weighted by Crippen LogP contribution is -2.26. The van der Waals surface area contributed by atoms with Gasteiger partial charge in [-0.3, -0.25) is 9.69 Å².